The third-order valence-electron chi connectivity index (χ3n) is 5.54. The first-order chi connectivity index (χ1) is 16.4. The summed E-state index contributed by atoms with van der Waals surface area (Å²) in [4.78, 5) is 32.2. The minimum Gasteiger partial charge on any atom is -0.507 e. The van der Waals surface area contributed by atoms with Gasteiger partial charge in [-0.3, -0.25) is 14.5 Å². The number of Topliss-reactive ketones (excluding diaryl/α,β-unsaturated/α-hetero) is 1. The predicted molar refractivity (Wildman–Crippen MR) is 137 cm³/mol. The van der Waals surface area contributed by atoms with Crippen LogP contribution in [0.3, 0.4) is 0 Å². The number of halogens is 2. The summed E-state index contributed by atoms with van der Waals surface area (Å²) in [5, 5.41) is 11.4. The highest BCUT2D eigenvalue weighted by Crippen LogP contribution is 2.44. The Bertz CT molecular complexity index is 1460. The van der Waals surface area contributed by atoms with Gasteiger partial charge in [0.05, 0.1) is 28.9 Å². The predicted octanol–water partition coefficient (Wildman–Crippen LogP) is 5.67. The molecule has 0 saturated carbocycles. The average molecular weight is 586 g/mol. The van der Waals surface area contributed by atoms with Gasteiger partial charge in [-0.15, -0.1) is 0 Å². The van der Waals surface area contributed by atoms with Crippen molar-refractivity contribution in [1.82, 2.24) is 4.98 Å². The van der Waals surface area contributed by atoms with Gasteiger partial charge in [-0.1, -0.05) is 23.5 Å². The van der Waals surface area contributed by atoms with Gasteiger partial charge in [0.1, 0.15) is 17.3 Å². The second-order valence-electron chi connectivity index (χ2n) is 7.56. The molecular formula is C25H16FIN2O4S. The summed E-state index contributed by atoms with van der Waals surface area (Å²) in [6.45, 7) is 0. The molecule has 1 aromatic heterocycles. The largest absolute Gasteiger partial charge is 0.507 e. The first kappa shape index (κ1) is 22.5. The zero-order valence-electron chi connectivity index (χ0n) is 17.7. The van der Waals surface area contributed by atoms with Crippen molar-refractivity contribution >= 4 is 66.7 Å². The van der Waals surface area contributed by atoms with Crippen molar-refractivity contribution in [2.45, 2.75) is 6.04 Å². The fourth-order valence-corrected chi connectivity index (χ4v) is 5.26. The van der Waals surface area contributed by atoms with E-state index >= 15 is 0 Å². The van der Waals surface area contributed by atoms with Crippen LogP contribution >= 0.6 is 33.9 Å². The van der Waals surface area contributed by atoms with E-state index in [9.17, 15) is 19.1 Å². The molecule has 4 aromatic rings. The van der Waals surface area contributed by atoms with E-state index < -0.39 is 23.5 Å². The Morgan fingerprint density at radius 1 is 1.09 bits per heavy atom. The Morgan fingerprint density at radius 2 is 1.79 bits per heavy atom. The zero-order valence-corrected chi connectivity index (χ0v) is 20.6. The number of aromatic nitrogens is 1. The molecule has 34 heavy (non-hydrogen) atoms. The number of ether oxygens (including phenoxy) is 1. The van der Waals surface area contributed by atoms with Crippen LogP contribution in [0.2, 0.25) is 0 Å². The average Bonchev–Trinajstić information content (AvgIpc) is 3.37. The van der Waals surface area contributed by atoms with Crippen LogP contribution in [0.5, 0.6) is 5.75 Å². The third kappa shape index (κ3) is 3.84. The van der Waals surface area contributed by atoms with E-state index in [1.165, 1.54) is 30.2 Å². The lowest BCUT2D eigenvalue weighted by molar-refractivity contribution is -0.132. The molecule has 3 aromatic carbocycles. The summed E-state index contributed by atoms with van der Waals surface area (Å²) in [6, 6.07) is 17.1. The fourth-order valence-electron chi connectivity index (χ4n) is 3.88. The SMILES string of the molecule is COc1ccc(/C(O)=C2\C(=O)C(=O)N(c3nc4ccc(F)cc4s3)C2c2ccc(I)cc2)cc1. The number of hydrogen-bond acceptors (Lipinski definition) is 6. The van der Waals surface area contributed by atoms with Crippen LogP contribution in [0, 0.1) is 9.39 Å². The standard InChI is InChI=1S/C25H16FIN2O4S/c1-33-17-9-4-14(5-10-17)22(30)20-21(13-2-7-16(27)8-3-13)29(24(32)23(20)31)25-28-18-11-6-15(26)12-19(18)34-25/h2-12,21,30H,1H3/b22-20+. The molecule has 1 aliphatic rings. The van der Waals surface area contributed by atoms with Crippen LogP contribution in [0.4, 0.5) is 9.52 Å². The Kier molecular flexibility index (Phi) is 5.82. The highest BCUT2D eigenvalue weighted by atomic mass is 127. The molecule has 5 rings (SSSR count). The molecule has 1 fully saturated rings. The molecule has 1 N–H and O–H groups in total. The summed E-state index contributed by atoms with van der Waals surface area (Å²) in [6.07, 6.45) is 0. The van der Waals surface area contributed by atoms with Gasteiger partial charge in [0.15, 0.2) is 5.13 Å². The minimum absolute atomic E-state index is 0.0400. The van der Waals surface area contributed by atoms with Crippen molar-refractivity contribution in [2.24, 2.45) is 0 Å². The molecule has 1 amide bonds. The topological polar surface area (TPSA) is 79.7 Å². The molecule has 1 saturated heterocycles. The molecule has 0 spiro atoms. The number of carbonyl (C=O) groups excluding carboxylic acids is 2. The number of rotatable bonds is 4. The smallest absolute Gasteiger partial charge is 0.301 e. The highest BCUT2D eigenvalue weighted by molar-refractivity contribution is 14.1. The van der Waals surface area contributed by atoms with E-state index in [0.717, 1.165) is 14.9 Å². The quantitative estimate of drug-likeness (QED) is 0.144. The molecule has 6 nitrogen and oxygen atoms in total. The minimum atomic E-state index is -0.899. The summed E-state index contributed by atoms with van der Waals surface area (Å²) >= 11 is 3.28. The fraction of sp³-hybridized carbons (Fsp3) is 0.0800. The monoisotopic (exact) mass is 586 g/mol. The number of ketones is 1. The maximum atomic E-state index is 13.7. The van der Waals surface area contributed by atoms with E-state index in [2.05, 4.69) is 27.6 Å². The number of amides is 1. The molecule has 1 atom stereocenters. The zero-order chi connectivity index (χ0) is 24.0. The lowest BCUT2D eigenvalue weighted by Gasteiger charge is -2.23. The Hall–Kier alpha value is -3.31. The molecule has 0 radical (unpaired) electrons. The van der Waals surface area contributed by atoms with Crippen molar-refractivity contribution in [3.8, 4) is 5.75 Å². The molecule has 1 aliphatic heterocycles. The molecule has 1 unspecified atom stereocenters. The van der Waals surface area contributed by atoms with Gasteiger partial charge in [-0.25, -0.2) is 9.37 Å². The Balaban J connectivity index is 1.71. The number of aliphatic hydroxyl groups is 1. The molecular weight excluding hydrogens is 570 g/mol. The van der Waals surface area contributed by atoms with Crippen LogP contribution in [-0.4, -0.2) is 28.9 Å². The molecule has 170 valence electrons. The second-order valence-corrected chi connectivity index (χ2v) is 9.81. The van der Waals surface area contributed by atoms with E-state index in [1.807, 2.05) is 12.1 Å². The van der Waals surface area contributed by atoms with Crippen molar-refractivity contribution in [3.63, 3.8) is 0 Å². The first-order valence-electron chi connectivity index (χ1n) is 10.1. The van der Waals surface area contributed by atoms with Gasteiger partial charge in [-0.2, -0.15) is 0 Å². The van der Waals surface area contributed by atoms with Crippen LogP contribution in [0.25, 0.3) is 16.0 Å². The van der Waals surface area contributed by atoms with Crippen molar-refractivity contribution < 1.29 is 23.8 Å². The maximum Gasteiger partial charge on any atom is 0.301 e. The summed E-state index contributed by atoms with van der Waals surface area (Å²) < 4.78 is 20.4. The van der Waals surface area contributed by atoms with Gasteiger partial charge in [0.25, 0.3) is 5.78 Å². The van der Waals surface area contributed by atoms with Crippen LogP contribution in [0.15, 0.2) is 72.3 Å². The Labute approximate surface area is 211 Å². The van der Waals surface area contributed by atoms with Crippen LogP contribution < -0.4 is 9.64 Å². The number of aliphatic hydroxyl groups excluding tert-OH is 1. The highest BCUT2D eigenvalue weighted by Gasteiger charge is 2.48. The van der Waals surface area contributed by atoms with Crippen LogP contribution in [-0.2, 0) is 9.59 Å². The number of fused-ring (bicyclic) bond motifs is 1. The summed E-state index contributed by atoms with van der Waals surface area (Å²) in [7, 11) is 1.53. The number of nitrogens with zero attached hydrogens (tertiary/aromatic N) is 2. The first-order valence-corrected chi connectivity index (χ1v) is 12.0. The molecule has 0 bridgehead atoms. The Morgan fingerprint density at radius 3 is 2.47 bits per heavy atom. The van der Waals surface area contributed by atoms with Crippen molar-refractivity contribution in [1.29, 1.82) is 0 Å². The molecule has 9 heteroatoms. The number of thiazole rings is 1. The number of benzene rings is 3. The van der Waals surface area contributed by atoms with Crippen molar-refractivity contribution in [2.75, 3.05) is 12.0 Å². The maximum absolute atomic E-state index is 13.7. The van der Waals surface area contributed by atoms with Gasteiger partial charge in [0, 0.05) is 9.13 Å². The normalized spacial score (nSPS) is 17.5. The van der Waals surface area contributed by atoms with Crippen molar-refractivity contribution in [3.05, 3.63) is 92.8 Å². The van der Waals surface area contributed by atoms with E-state index in [-0.39, 0.29) is 16.5 Å². The number of anilines is 1. The second kappa shape index (κ2) is 8.80. The molecule has 2 heterocycles. The van der Waals surface area contributed by atoms with E-state index in [4.69, 9.17) is 4.74 Å². The third-order valence-corrected chi connectivity index (χ3v) is 7.28. The lowest BCUT2D eigenvalue weighted by atomic mass is 9.95. The van der Waals surface area contributed by atoms with Gasteiger partial charge >= 0.3 is 5.91 Å². The van der Waals surface area contributed by atoms with E-state index in [0.29, 0.717) is 27.1 Å². The molecule has 0 aliphatic carbocycles. The summed E-state index contributed by atoms with van der Waals surface area (Å²) in [5.74, 6) is -1.74. The van der Waals surface area contributed by atoms with Gasteiger partial charge in [0.2, 0.25) is 0 Å². The van der Waals surface area contributed by atoms with Gasteiger partial charge < -0.3 is 9.84 Å². The van der Waals surface area contributed by atoms with Crippen LogP contribution in [0.1, 0.15) is 17.2 Å². The summed E-state index contributed by atoms with van der Waals surface area (Å²) in [5.41, 5.74) is 1.49. The lowest BCUT2D eigenvalue weighted by Crippen LogP contribution is -2.29. The number of methoxy groups -OCH3 is 1. The number of hydrogen-bond donors (Lipinski definition) is 1. The van der Waals surface area contributed by atoms with E-state index in [1.54, 1.807) is 36.4 Å². The van der Waals surface area contributed by atoms with Gasteiger partial charge in [-0.05, 0) is 82.8 Å². The number of carbonyl (C=O) groups is 2.